The monoisotopic (exact) mass is 358 g/mol. The fourth-order valence-electron chi connectivity index (χ4n) is 2.94. The molecule has 2 aliphatic rings. The molecule has 0 bridgehead atoms. The topological polar surface area (TPSA) is 102 Å². The molecule has 0 spiro atoms. The van der Waals surface area contributed by atoms with E-state index in [1.54, 1.807) is 5.48 Å². The van der Waals surface area contributed by atoms with Crippen molar-refractivity contribution in [3.63, 3.8) is 0 Å². The van der Waals surface area contributed by atoms with Gasteiger partial charge >= 0.3 is 0 Å². The summed E-state index contributed by atoms with van der Waals surface area (Å²) in [6.07, 6.45) is 2.29. The molecular weight excluding hydrogens is 332 g/mol. The van der Waals surface area contributed by atoms with E-state index in [4.69, 9.17) is 15.7 Å². The SMILES string of the molecule is CCCCOc1cc(C(C)CC(=O)NO)ccc2c(CC(N)=O)ccc1-2. The van der Waals surface area contributed by atoms with E-state index in [0.29, 0.717) is 6.61 Å². The average molecular weight is 358 g/mol. The van der Waals surface area contributed by atoms with Crippen LogP contribution in [0.3, 0.4) is 0 Å². The van der Waals surface area contributed by atoms with Gasteiger partial charge in [-0.15, -0.1) is 0 Å². The normalized spacial score (nSPS) is 12.0. The van der Waals surface area contributed by atoms with E-state index in [1.165, 1.54) is 0 Å². The molecule has 6 heteroatoms. The van der Waals surface area contributed by atoms with Gasteiger partial charge < -0.3 is 10.5 Å². The van der Waals surface area contributed by atoms with Crippen LogP contribution < -0.4 is 16.0 Å². The summed E-state index contributed by atoms with van der Waals surface area (Å²) in [5.41, 5.74) is 10.6. The van der Waals surface area contributed by atoms with Crippen molar-refractivity contribution < 1.29 is 19.5 Å². The van der Waals surface area contributed by atoms with Gasteiger partial charge in [0.2, 0.25) is 11.8 Å². The van der Waals surface area contributed by atoms with Gasteiger partial charge in [-0.25, -0.2) is 5.48 Å². The van der Waals surface area contributed by atoms with Crippen LogP contribution in [0.25, 0.3) is 11.1 Å². The number of nitrogens with one attached hydrogen (secondary N) is 1. The Labute approximate surface area is 153 Å². The Bertz CT molecular complexity index is 745. The van der Waals surface area contributed by atoms with Crippen molar-refractivity contribution in [2.75, 3.05) is 6.61 Å². The highest BCUT2D eigenvalue weighted by Crippen LogP contribution is 2.37. The van der Waals surface area contributed by atoms with Crippen molar-refractivity contribution in [1.29, 1.82) is 0 Å². The van der Waals surface area contributed by atoms with E-state index in [9.17, 15) is 9.59 Å². The van der Waals surface area contributed by atoms with Gasteiger partial charge in [0, 0.05) is 12.0 Å². The summed E-state index contributed by atoms with van der Waals surface area (Å²) in [5.74, 6) is -0.205. The Hall–Kier alpha value is -2.60. The molecule has 0 saturated heterocycles. The zero-order chi connectivity index (χ0) is 19.1. The molecule has 6 nitrogen and oxygen atoms in total. The third-order valence-electron chi connectivity index (χ3n) is 4.40. The van der Waals surface area contributed by atoms with Crippen LogP contribution in [-0.2, 0) is 16.0 Å². The van der Waals surface area contributed by atoms with Gasteiger partial charge in [0.1, 0.15) is 5.75 Å². The summed E-state index contributed by atoms with van der Waals surface area (Å²) in [5, 5.41) is 8.75. The quantitative estimate of drug-likeness (QED) is 0.364. The number of ether oxygens (including phenoxy) is 1. The molecule has 2 aliphatic carbocycles. The lowest BCUT2D eigenvalue weighted by atomic mass is 9.99. The number of carbonyl (C=O) groups excluding carboxylic acids is 2. The van der Waals surface area contributed by atoms with Crippen LogP contribution in [0.5, 0.6) is 5.75 Å². The summed E-state index contributed by atoms with van der Waals surface area (Å²) in [4.78, 5) is 22.8. The highest BCUT2D eigenvalue weighted by atomic mass is 16.5. The van der Waals surface area contributed by atoms with Crippen molar-refractivity contribution in [2.24, 2.45) is 5.73 Å². The van der Waals surface area contributed by atoms with Gasteiger partial charge in [0.15, 0.2) is 0 Å². The Morgan fingerprint density at radius 2 is 1.96 bits per heavy atom. The maximum absolute atomic E-state index is 11.5. The second-order valence-corrected chi connectivity index (χ2v) is 6.51. The Kier molecular flexibility index (Phi) is 6.97. The lowest BCUT2D eigenvalue weighted by Gasteiger charge is -2.11. The fraction of sp³-hybridized carbons (Fsp3) is 0.400. The van der Waals surface area contributed by atoms with Gasteiger partial charge in [0.25, 0.3) is 0 Å². The maximum Gasteiger partial charge on any atom is 0.243 e. The second kappa shape index (κ2) is 9.20. The molecule has 2 amide bonds. The first kappa shape index (κ1) is 19.7. The molecule has 0 saturated carbocycles. The summed E-state index contributed by atoms with van der Waals surface area (Å²) < 4.78 is 5.99. The molecule has 26 heavy (non-hydrogen) atoms. The number of hydrogen-bond acceptors (Lipinski definition) is 4. The number of fused-ring (bicyclic) bond motifs is 1. The number of carbonyl (C=O) groups is 2. The number of hydrogen-bond donors (Lipinski definition) is 3. The summed E-state index contributed by atoms with van der Waals surface area (Å²) in [6, 6.07) is 9.62. The van der Waals surface area contributed by atoms with Gasteiger partial charge in [0.05, 0.1) is 13.0 Å². The molecule has 1 atom stereocenters. The van der Waals surface area contributed by atoms with E-state index in [1.807, 2.05) is 37.3 Å². The first-order chi connectivity index (χ1) is 12.5. The molecule has 0 aromatic heterocycles. The first-order valence-corrected chi connectivity index (χ1v) is 8.85. The first-order valence-electron chi connectivity index (χ1n) is 8.85. The van der Waals surface area contributed by atoms with E-state index >= 15 is 0 Å². The minimum absolute atomic E-state index is 0.105. The fourth-order valence-corrected chi connectivity index (χ4v) is 2.94. The number of amides is 2. The van der Waals surface area contributed by atoms with E-state index in [-0.39, 0.29) is 24.7 Å². The molecule has 2 rings (SSSR count). The molecule has 4 N–H and O–H groups in total. The predicted molar refractivity (Wildman–Crippen MR) is 99.3 cm³/mol. The molecule has 0 aromatic rings. The average Bonchev–Trinajstić information content (AvgIpc) is 2.88. The van der Waals surface area contributed by atoms with Crippen LogP contribution in [0.2, 0.25) is 0 Å². The minimum Gasteiger partial charge on any atom is -0.493 e. The number of rotatable bonds is 9. The highest BCUT2D eigenvalue weighted by Gasteiger charge is 2.18. The van der Waals surface area contributed by atoms with Crippen LogP contribution in [-0.4, -0.2) is 23.6 Å². The van der Waals surface area contributed by atoms with Crippen molar-refractivity contribution in [2.45, 2.75) is 45.4 Å². The van der Waals surface area contributed by atoms with Crippen LogP contribution in [0.4, 0.5) is 0 Å². The van der Waals surface area contributed by atoms with Crippen molar-refractivity contribution in [3.05, 3.63) is 41.5 Å². The zero-order valence-corrected chi connectivity index (χ0v) is 15.2. The van der Waals surface area contributed by atoms with Crippen molar-refractivity contribution >= 4 is 11.8 Å². The molecule has 0 aliphatic heterocycles. The van der Waals surface area contributed by atoms with Crippen LogP contribution >= 0.6 is 0 Å². The summed E-state index contributed by atoms with van der Waals surface area (Å²) in [6.45, 7) is 4.60. The third kappa shape index (κ3) is 4.95. The molecule has 0 aromatic carbocycles. The van der Waals surface area contributed by atoms with Crippen LogP contribution in [0.1, 0.15) is 50.2 Å². The highest BCUT2D eigenvalue weighted by molar-refractivity contribution is 5.84. The van der Waals surface area contributed by atoms with Crippen molar-refractivity contribution in [3.8, 4) is 16.9 Å². The van der Waals surface area contributed by atoms with E-state index in [0.717, 1.165) is 40.8 Å². The number of primary amides is 1. The molecule has 140 valence electrons. The van der Waals surface area contributed by atoms with Crippen LogP contribution in [0.15, 0.2) is 30.3 Å². The van der Waals surface area contributed by atoms with E-state index in [2.05, 4.69) is 6.92 Å². The Morgan fingerprint density at radius 3 is 2.62 bits per heavy atom. The van der Waals surface area contributed by atoms with Crippen LogP contribution in [0, 0.1) is 0 Å². The largest absolute Gasteiger partial charge is 0.493 e. The second-order valence-electron chi connectivity index (χ2n) is 6.51. The Balaban J connectivity index is 2.43. The van der Waals surface area contributed by atoms with Gasteiger partial charge in [-0.3, -0.25) is 14.8 Å². The Morgan fingerprint density at radius 1 is 1.23 bits per heavy atom. The number of unbranched alkanes of at least 4 members (excludes halogenated alkanes) is 1. The molecular formula is C20H26N2O4. The zero-order valence-electron chi connectivity index (χ0n) is 15.2. The number of hydroxylamine groups is 1. The van der Waals surface area contributed by atoms with Crippen molar-refractivity contribution in [1.82, 2.24) is 5.48 Å². The molecule has 0 heterocycles. The van der Waals surface area contributed by atoms with E-state index < -0.39 is 5.91 Å². The third-order valence-corrected chi connectivity index (χ3v) is 4.40. The molecule has 0 fully saturated rings. The molecule has 0 radical (unpaired) electrons. The number of nitrogens with two attached hydrogens (primary N) is 1. The maximum atomic E-state index is 11.5. The lowest BCUT2D eigenvalue weighted by molar-refractivity contribution is -0.129. The predicted octanol–water partition coefficient (Wildman–Crippen LogP) is 3.00. The van der Waals surface area contributed by atoms with Gasteiger partial charge in [-0.2, -0.15) is 0 Å². The smallest absolute Gasteiger partial charge is 0.243 e. The summed E-state index contributed by atoms with van der Waals surface area (Å²) >= 11 is 0. The van der Waals surface area contributed by atoms with Gasteiger partial charge in [-0.1, -0.05) is 44.5 Å². The molecule has 1 unspecified atom stereocenters. The van der Waals surface area contributed by atoms with Gasteiger partial charge in [-0.05, 0) is 35.1 Å². The minimum atomic E-state index is -0.439. The lowest BCUT2D eigenvalue weighted by Crippen LogP contribution is -2.20. The standard InChI is InChI=1S/C20H26N2O4/c1-3-4-9-26-18-11-14(13(2)10-20(24)22-25)5-7-16-15(12-19(21)23)6-8-17(16)18/h5-8,11,13,25H,3-4,9-10,12H2,1-2H3,(H2,21,23)(H,22,24). The summed E-state index contributed by atoms with van der Waals surface area (Å²) in [7, 11) is 0.